The lowest BCUT2D eigenvalue weighted by Gasteiger charge is -1.89. The van der Waals surface area contributed by atoms with E-state index >= 15 is 0 Å². The molecule has 0 saturated carbocycles. The van der Waals surface area contributed by atoms with E-state index < -0.39 is 5.97 Å². The SMILES string of the molecule is CCn1cc(Br)c(C(=O)O)n1. The maximum atomic E-state index is 10.4. The van der Waals surface area contributed by atoms with E-state index in [0.29, 0.717) is 11.0 Å². The van der Waals surface area contributed by atoms with Crippen molar-refractivity contribution >= 4 is 21.9 Å². The Labute approximate surface area is 72.0 Å². The fourth-order valence-electron chi connectivity index (χ4n) is 0.704. The smallest absolute Gasteiger partial charge is 0.357 e. The number of aromatic nitrogens is 2. The Morgan fingerprint density at radius 2 is 2.55 bits per heavy atom. The highest BCUT2D eigenvalue weighted by molar-refractivity contribution is 9.10. The Hall–Kier alpha value is -0.840. The molecule has 60 valence electrons. The number of rotatable bonds is 2. The van der Waals surface area contributed by atoms with Crippen molar-refractivity contribution in [2.24, 2.45) is 0 Å². The third kappa shape index (κ3) is 1.59. The van der Waals surface area contributed by atoms with E-state index in [1.807, 2.05) is 6.92 Å². The molecule has 0 atom stereocenters. The van der Waals surface area contributed by atoms with Crippen LogP contribution in [0.1, 0.15) is 17.4 Å². The minimum Gasteiger partial charge on any atom is -0.476 e. The number of halogens is 1. The zero-order valence-electron chi connectivity index (χ0n) is 5.91. The molecule has 0 radical (unpaired) electrons. The van der Waals surface area contributed by atoms with Gasteiger partial charge >= 0.3 is 5.97 Å². The predicted molar refractivity (Wildman–Crippen MR) is 42.6 cm³/mol. The fraction of sp³-hybridized carbons (Fsp3) is 0.333. The summed E-state index contributed by atoms with van der Waals surface area (Å²) in [6.07, 6.45) is 1.64. The summed E-state index contributed by atoms with van der Waals surface area (Å²) in [5.41, 5.74) is 0.0619. The summed E-state index contributed by atoms with van der Waals surface area (Å²) in [5.74, 6) is -1.01. The molecule has 1 N–H and O–H groups in total. The van der Waals surface area contributed by atoms with Crippen molar-refractivity contribution in [3.63, 3.8) is 0 Å². The van der Waals surface area contributed by atoms with Crippen molar-refractivity contribution in [2.45, 2.75) is 13.5 Å². The Kier molecular flexibility index (Phi) is 2.28. The van der Waals surface area contributed by atoms with Crippen LogP contribution in [0.3, 0.4) is 0 Å². The lowest BCUT2D eigenvalue weighted by molar-refractivity contribution is 0.0688. The third-order valence-electron chi connectivity index (χ3n) is 1.24. The number of nitrogens with zero attached hydrogens (tertiary/aromatic N) is 2. The van der Waals surface area contributed by atoms with Gasteiger partial charge < -0.3 is 5.11 Å². The van der Waals surface area contributed by atoms with Gasteiger partial charge in [0, 0.05) is 12.7 Å². The first-order chi connectivity index (χ1) is 5.15. The van der Waals surface area contributed by atoms with Crippen LogP contribution < -0.4 is 0 Å². The normalized spacial score (nSPS) is 10.0. The maximum absolute atomic E-state index is 10.4. The molecular formula is C6H7BrN2O2. The molecule has 1 aromatic rings. The van der Waals surface area contributed by atoms with Crippen molar-refractivity contribution in [3.8, 4) is 0 Å². The standard InChI is InChI=1S/C6H7BrN2O2/c1-2-9-3-4(7)5(8-9)6(10)11/h3H,2H2,1H3,(H,10,11). The Morgan fingerprint density at radius 1 is 1.91 bits per heavy atom. The van der Waals surface area contributed by atoms with Crippen LogP contribution in [0.25, 0.3) is 0 Å². The average Bonchev–Trinajstić information content (AvgIpc) is 2.30. The highest BCUT2D eigenvalue weighted by Gasteiger charge is 2.12. The predicted octanol–water partition coefficient (Wildman–Crippen LogP) is 1.36. The molecule has 11 heavy (non-hydrogen) atoms. The van der Waals surface area contributed by atoms with Gasteiger partial charge in [-0.25, -0.2) is 4.79 Å². The fourth-order valence-corrected chi connectivity index (χ4v) is 1.19. The van der Waals surface area contributed by atoms with Gasteiger partial charge in [-0.2, -0.15) is 5.10 Å². The number of aryl methyl sites for hydroxylation is 1. The molecule has 0 saturated heterocycles. The van der Waals surface area contributed by atoms with Gasteiger partial charge in [0.2, 0.25) is 0 Å². The summed E-state index contributed by atoms with van der Waals surface area (Å²) < 4.78 is 2.08. The Balaban J connectivity index is 3.07. The molecule has 0 aliphatic rings. The molecule has 0 aromatic carbocycles. The van der Waals surface area contributed by atoms with Crippen molar-refractivity contribution in [1.82, 2.24) is 9.78 Å². The van der Waals surface area contributed by atoms with E-state index in [1.54, 1.807) is 10.9 Å². The Bertz CT molecular complexity index is 282. The van der Waals surface area contributed by atoms with E-state index in [0.717, 1.165) is 0 Å². The van der Waals surface area contributed by atoms with Gasteiger partial charge in [0.1, 0.15) is 0 Å². The van der Waals surface area contributed by atoms with Crippen LogP contribution in [-0.4, -0.2) is 20.9 Å². The molecule has 0 unspecified atom stereocenters. The molecule has 4 nitrogen and oxygen atoms in total. The van der Waals surface area contributed by atoms with Crippen LogP contribution >= 0.6 is 15.9 Å². The van der Waals surface area contributed by atoms with E-state index in [4.69, 9.17) is 5.11 Å². The van der Waals surface area contributed by atoms with Crippen LogP contribution in [0.2, 0.25) is 0 Å². The van der Waals surface area contributed by atoms with Crippen LogP contribution in [-0.2, 0) is 6.54 Å². The molecule has 0 fully saturated rings. The molecular weight excluding hydrogens is 212 g/mol. The van der Waals surface area contributed by atoms with E-state index in [-0.39, 0.29) is 5.69 Å². The number of carboxylic acids is 1. The average molecular weight is 219 g/mol. The summed E-state index contributed by atoms with van der Waals surface area (Å²) >= 11 is 3.09. The Morgan fingerprint density at radius 3 is 2.82 bits per heavy atom. The van der Waals surface area contributed by atoms with Gasteiger partial charge in [-0.1, -0.05) is 0 Å². The van der Waals surface area contributed by atoms with Crippen LogP contribution in [0, 0.1) is 0 Å². The molecule has 1 rings (SSSR count). The highest BCUT2D eigenvalue weighted by Crippen LogP contribution is 2.14. The first-order valence-corrected chi connectivity index (χ1v) is 3.90. The number of aromatic carboxylic acids is 1. The molecule has 0 aliphatic carbocycles. The number of hydrogen-bond acceptors (Lipinski definition) is 2. The zero-order chi connectivity index (χ0) is 8.43. The molecule has 0 bridgehead atoms. The van der Waals surface area contributed by atoms with Gasteiger partial charge in [0.25, 0.3) is 0 Å². The second-order valence-electron chi connectivity index (χ2n) is 1.99. The van der Waals surface area contributed by atoms with Crippen LogP contribution in [0.4, 0.5) is 0 Å². The van der Waals surface area contributed by atoms with E-state index in [1.165, 1.54) is 0 Å². The molecule has 1 heterocycles. The van der Waals surface area contributed by atoms with Crippen molar-refractivity contribution in [3.05, 3.63) is 16.4 Å². The van der Waals surface area contributed by atoms with Gasteiger partial charge in [-0.15, -0.1) is 0 Å². The van der Waals surface area contributed by atoms with E-state index in [2.05, 4.69) is 21.0 Å². The van der Waals surface area contributed by atoms with Crippen LogP contribution in [0.5, 0.6) is 0 Å². The summed E-state index contributed by atoms with van der Waals surface area (Å²) in [4.78, 5) is 10.4. The van der Waals surface area contributed by atoms with Gasteiger partial charge in [0.15, 0.2) is 5.69 Å². The molecule has 0 spiro atoms. The van der Waals surface area contributed by atoms with Crippen molar-refractivity contribution in [2.75, 3.05) is 0 Å². The minimum absolute atomic E-state index is 0.0619. The number of hydrogen-bond donors (Lipinski definition) is 1. The van der Waals surface area contributed by atoms with Crippen molar-refractivity contribution in [1.29, 1.82) is 0 Å². The summed E-state index contributed by atoms with van der Waals surface area (Å²) in [5, 5.41) is 12.4. The molecule has 1 aromatic heterocycles. The molecule has 5 heteroatoms. The topological polar surface area (TPSA) is 55.1 Å². The first-order valence-electron chi connectivity index (χ1n) is 3.11. The molecule has 0 aliphatic heterocycles. The van der Waals surface area contributed by atoms with Crippen molar-refractivity contribution < 1.29 is 9.90 Å². The summed E-state index contributed by atoms with van der Waals surface area (Å²) in [6, 6.07) is 0. The van der Waals surface area contributed by atoms with E-state index in [9.17, 15) is 4.79 Å². The summed E-state index contributed by atoms with van der Waals surface area (Å²) in [6.45, 7) is 2.57. The number of carbonyl (C=O) groups is 1. The minimum atomic E-state index is -1.01. The second-order valence-corrected chi connectivity index (χ2v) is 2.84. The monoisotopic (exact) mass is 218 g/mol. The van der Waals surface area contributed by atoms with Gasteiger partial charge in [-0.05, 0) is 22.9 Å². The second kappa shape index (κ2) is 3.04. The quantitative estimate of drug-likeness (QED) is 0.816. The zero-order valence-corrected chi connectivity index (χ0v) is 7.50. The maximum Gasteiger partial charge on any atom is 0.357 e. The lowest BCUT2D eigenvalue weighted by atomic mass is 10.4. The lowest BCUT2D eigenvalue weighted by Crippen LogP contribution is -2.01. The number of carboxylic acid groups (broad SMARTS) is 1. The molecule has 0 amide bonds. The third-order valence-corrected chi connectivity index (χ3v) is 1.82. The first kappa shape index (κ1) is 8.26. The van der Waals surface area contributed by atoms with Crippen LogP contribution in [0.15, 0.2) is 10.7 Å². The van der Waals surface area contributed by atoms with Gasteiger partial charge in [-0.3, -0.25) is 4.68 Å². The highest BCUT2D eigenvalue weighted by atomic mass is 79.9. The van der Waals surface area contributed by atoms with Gasteiger partial charge in [0.05, 0.1) is 4.47 Å². The summed E-state index contributed by atoms with van der Waals surface area (Å²) in [7, 11) is 0. The largest absolute Gasteiger partial charge is 0.476 e.